The van der Waals surface area contributed by atoms with Crippen molar-refractivity contribution in [1.29, 1.82) is 0 Å². The van der Waals surface area contributed by atoms with Crippen LogP contribution in [0, 0.1) is 10.1 Å². The first-order chi connectivity index (χ1) is 11.7. The molecule has 0 bridgehead atoms. The standard InChI is InChI=1S/C16H12ClNO6S/c1-24-16-8-6-14(25(17,22)23)10-12(16)5-7-15(19)11-3-2-4-13(9-11)18(20)21/h2-10H,1H3/b7-5+. The Balaban J connectivity index is 2.36. The molecule has 0 N–H and O–H groups in total. The van der Waals surface area contributed by atoms with Gasteiger partial charge in [0.25, 0.3) is 14.7 Å². The maximum absolute atomic E-state index is 12.2. The van der Waals surface area contributed by atoms with Crippen LogP contribution in [0.25, 0.3) is 6.08 Å². The smallest absolute Gasteiger partial charge is 0.270 e. The summed E-state index contributed by atoms with van der Waals surface area (Å²) in [5.74, 6) is -0.142. The number of non-ortho nitro benzene ring substituents is 1. The third-order valence-electron chi connectivity index (χ3n) is 3.24. The average molecular weight is 382 g/mol. The molecule has 130 valence electrons. The molecule has 0 saturated heterocycles. The number of benzene rings is 2. The molecule has 0 unspecified atom stereocenters. The Bertz CT molecular complexity index is 968. The molecule has 2 aromatic rings. The summed E-state index contributed by atoms with van der Waals surface area (Å²) in [6.07, 6.45) is 2.52. The molecule has 0 aromatic heterocycles. The van der Waals surface area contributed by atoms with Crippen molar-refractivity contribution in [3.8, 4) is 5.75 Å². The van der Waals surface area contributed by atoms with Crippen LogP contribution in [0.1, 0.15) is 15.9 Å². The summed E-state index contributed by atoms with van der Waals surface area (Å²) < 4.78 is 27.9. The zero-order chi connectivity index (χ0) is 18.6. The van der Waals surface area contributed by atoms with Crippen LogP contribution in [0.4, 0.5) is 5.69 Å². The summed E-state index contributed by atoms with van der Waals surface area (Å²) >= 11 is 0. The molecule has 0 fully saturated rings. The predicted molar refractivity (Wildman–Crippen MR) is 92.5 cm³/mol. The van der Waals surface area contributed by atoms with Crippen molar-refractivity contribution in [2.45, 2.75) is 4.90 Å². The zero-order valence-corrected chi connectivity index (χ0v) is 14.5. The molecule has 25 heavy (non-hydrogen) atoms. The number of methoxy groups -OCH3 is 1. The van der Waals surface area contributed by atoms with E-state index in [1.807, 2.05) is 0 Å². The molecule has 0 aliphatic carbocycles. The van der Waals surface area contributed by atoms with E-state index in [0.29, 0.717) is 11.3 Å². The van der Waals surface area contributed by atoms with Gasteiger partial charge in [-0.05, 0) is 30.4 Å². The van der Waals surface area contributed by atoms with E-state index < -0.39 is 19.8 Å². The molecule has 0 atom stereocenters. The normalized spacial score (nSPS) is 11.4. The number of halogens is 1. The topological polar surface area (TPSA) is 104 Å². The number of hydrogen-bond donors (Lipinski definition) is 0. The van der Waals surface area contributed by atoms with Gasteiger partial charge in [0.15, 0.2) is 5.78 Å². The van der Waals surface area contributed by atoms with Crippen molar-refractivity contribution in [3.63, 3.8) is 0 Å². The average Bonchev–Trinajstić information content (AvgIpc) is 2.58. The molecule has 2 aromatic carbocycles. The van der Waals surface area contributed by atoms with Gasteiger partial charge in [-0.25, -0.2) is 8.42 Å². The molecule has 0 aliphatic rings. The lowest BCUT2D eigenvalue weighted by molar-refractivity contribution is -0.384. The molecule has 0 radical (unpaired) electrons. The summed E-state index contributed by atoms with van der Waals surface area (Å²) in [6, 6.07) is 9.23. The van der Waals surface area contributed by atoms with Gasteiger partial charge >= 0.3 is 0 Å². The van der Waals surface area contributed by atoms with Crippen molar-refractivity contribution in [1.82, 2.24) is 0 Å². The van der Waals surface area contributed by atoms with Gasteiger partial charge in [-0.1, -0.05) is 12.1 Å². The Hall–Kier alpha value is -2.71. The Morgan fingerprint density at radius 2 is 1.96 bits per heavy atom. The lowest BCUT2D eigenvalue weighted by atomic mass is 10.1. The summed E-state index contributed by atoms with van der Waals surface area (Å²) in [7, 11) is 2.77. The molecule has 0 heterocycles. The van der Waals surface area contributed by atoms with Gasteiger partial charge in [0.2, 0.25) is 0 Å². The highest BCUT2D eigenvalue weighted by atomic mass is 35.7. The van der Waals surface area contributed by atoms with Gasteiger partial charge in [0, 0.05) is 33.9 Å². The molecule has 7 nitrogen and oxygen atoms in total. The Morgan fingerprint density at radius 1 is 1.24 bits per heavy atom. The van der Waals surface area contributed by atoms with Crippen molar-refractivity contribution in [2.24, 2.45) is 0 Å². The number of carbonyl (C=O) groups excluding carboxylic acids is 1. The number of nitrogens with zero attached hydrogens (tertiary/aromatic N) is 1. The van der Waals surface area contributed by atoms with Gasteiger partial charge < -0.3 is 4.74 Å². The van der Waals surface area contributed by atoms with Gasteiger partial charge in [0.05, 0.1) is 16.9 Å². The van der Waals surface area contributed by atoms with Crippen LogP contribution in [0.2, 0.25) is 0 Å². The molecular weight excluding hydrogens is 370 g/mol. The van der Waals surface area contributed by atoms with Crippen molar-refractivity contribution < 1.29 is 22.9 Å². The monoisotopic (exact) mass is 381 g/mol. The fourth-order valence-electron chi connectivity index (χ4n) is 2.03. The van der Waals surface area contributed by atoms with Gasteiger partial charge in [-0.2, -0.15) is 0 Å². The Morgan fingerprint density at radius 3 is 2.56 bits per heavy atom. The number of rotatable bonds is 6. The second-order valence-electron chi connectivity index (χ2n) is 4.85. The summed E-state index contributed by atoms with van der Waals surface area (Å²) in [5.41, 5.74) is 0.251. The van der Waals surface area contributed by atoms with E-state index in [-0.39, 0.29) is 16.1 Å². The molecule has 0 aliphatic heterocycles. The van der Waals surface area contributed by atoms with Crippen LogP contribution in [-0.4, -0.2) is 26.2 Å². The van der Waals surface area contributed by atoms with Crippen molar-refractivity contribution >= 4 is 37.3 Å². The van der Waals surface area contributed by atoms with Gasteiger partial charge in [-0.15, -0.1) is 0 Å². The molecule has 9 heteroatoms. The lowest BCUT2D eigenvalue weighted by Crippen LogP contribution is -1.97. The summed E-state index contributed by atoms with van der Waals surface area (Å²) in [5, 5.41) is 10.8. The minimum atomic E-state index is -3.93. The van der Waals surface area contributed by atoms with Crippen LogP contribution in [0.15, 0.2) is 53.4 Å². The molecule has 0 saturated carbocycles. The van der Waals surface area contributed by atoms with Crippen LogP contribution in [0.3, 0.4) is 0 Å². The number of nitro benzene ring substituents is 1. The van der Waals surface area contributed by atoms with E-state index in [9.17, 15) is 23.3 Å². The maximum atomic E-state index is 12.2. The number of carbonyl (C=O) groups is 1. The SMILES string of the molecule is COc1ccc(S(=O)(=O)Cl)cc1/C=C/C(=O)c1cccc([N+](=O)[O-])c1. The third-order valence-corrected chi connectivity index (χ3v) is 4.59. The molecule has 2 rings (SSSR count). The van der Waals surface area contributed by atoms with Crippen LogP contribution in [-0.2, 0) is 9.05 Å². The zero-order valence-electron chi connectivity index (χ0n) is 12.9. The lowest BCUT2D eigenvalue weighted by Gasteiger charge is -2.06. The van der Waals surface area contributed by atoms with E-state index >= 15 is 0 Å². The van der Waals surface area contributed by atoms with E-state index in [2.05, 4.69) is 0 Å². The van der Waals surface area contributed by atoms with Crippen LogP contribution in [0.5, 0.6) is 5.75 Å². The summed E-state index contributed by atoms with van der Waals surface area (Å²) in [6.45, 7) is 0. The highest BCUT2D eigenvalue weighted by Crippen LogP contribution is 2.26. The first kappa shape index (κ1) is 18.6. The number of hydrogen-bond acceptors (Lipinski definition) is 6. The van der Waals surface area contributed by atoms with Crippen LogP contribution >= 0.6 is 10.7 Å². The third kappa shape index (κ3) is 4.65. The van der Waals surface area contributed by atoms with Crippen LogP contribution < -0.4 is 4.74 Å². The maximum Gasteiger partial charge on any atom is 0.270 e. The minimum absolute atomic E-state index is 0.130. The number of ether oxygens (including phenoxy) is 1. The second kappa shape index (κ2) is 7.45. The van der Waals surface area contributed by atoms with E-state index in [4.69, 9.17) is 15.4 Å². The highest BCUT2D eigenvalue weighted by Gasteiger charge is 2.13. The first-order valence-electron chi connectivity index (χ1n) is 6.82. The number of nitro groups is 1. The molecule has 0 spiro atoms. The highest BCUT2D eigenvalue weighted by molar-refractivity contribution is 8.13. The number of allylic oxidation sites excluding steroid dienone is 1. The molecule has 0 amide bonds. The number of ketones is 1. The Labute approximate surface area is 148 Å². The predicted octanol–water partition coefficient (Wildman–Crippen LogP) is 3.43. The second-order valence-corrected chi connectivity index (χ2v) is 7.41. The van der Waals surface area contributed by atoms with E-state index in [1.165, 1.54) is 55.7 Å². The fourth-order valence-corrected chi connectivity index (χ4v) is 2.82. The van der Waals surface area contributed by atoms with E-state index in [0.717, 1.165) is 6.07 Å². The minimum Gasteiger partial charge on any atom is -0.496 e. The van der Waals surface area contributed by atoms with Gasteiger partial charge in [0.1, 0.15) is 5.75 Å². The Kier molecular flexibility index (Phi) is 5.55. The van der Waals surface area contributed by atoms with Crippen molar-refractivity contribution in [3.05, 3.63) is 69.8 Å². The molecular formula is C16H12ClNO6S. The fraction of sp³-hybridized carbons (Fsp3) is 0.0625. The van der Waals surface area contributed by atoms with Gasteiger partial charge in [-0.3, -0.25) is 14.9 Å². The van der Waals surface area contributed by atoms with Crippen molar-refractivity contribution in [2.75, 3.05) is 7.11 Å². The largest absolute Gasteiger partial charge is 0.496 e. The summed E-state index contributed by atoms with van der Waals surface area (Å²) in [4.78, 5) is 22.2. The first-order valence-corrected chi connectivity index (χ1v) is 9.13. The quantitative estimate of drug-likeness (QED) is 0.249. The van der Waals surface area contributed by atoms with E-state index in [1.54, 1.807) is 0 Å².